The van der Waals surface area contributed by atoms with Crippen molar-refractivity contribution in [2.24, 2.45) is 5.10 Å². The number of benzene rings is 2. The summed E-state index contributed by atoms with van der Waals surface area (Å²) in [6, 6.07) is 17.8. The van der Waals surface area contributed by atoms with Gasteiger partial charge in [-0.25, -0.2) is 5.43 Å². The first-order chi connectivity index (χ1) is 18.5. The van der Waals surface area contributed by atoms with Crippen molar-refractivity contribution in [1.29, 1.82) is 0 Å². The molecule has 2 aromatic heterocycles. The largest absolute Gasteiger partial charge is 0.493 e. The summed E-state index contributed by atoms with van der Waals surface area (Å²) in [7, 11) is 1.60. The SMILES string of the molecule is COc1cc(/C=N/NC(=O)c2c(-n3c(C)ccc3C)sc3c2CCCC3)c(Br)cc1OCc1ccccc1. The number of thiophene rings is 1. The van der Waals surface area contributed by atoms with Gasteiger partial charge in [-0.2, -0.15) is 5.10 Å². The van der Waals surface area contributed by atoms with Crippen LogP contribution in [-0.4, -0.2) is 23.8 Å². The summed E-state index contributed by atoms with van der Waals surface area (Å²) in [5.41, 5.74) is 8.75. The Balaban J connectivity index is 1.36. The third-order valence-corrected chi connectivity index (χ3v) is 8.71. The average molecular weight is 593 g/mol. The molecule has 0 atom stereocenters. The summed E-state index contributed by atoms with van der Waals surface area (Å²) in [5, 5.41) is 5.30. The summed E-state index contributed by atoms with van der Waals surface area (Å²) >= 11 is 5.33. The molecule has 1 N–H and O–H groups in total. The number of hydrazone groups is 1. The lowest BCUT2D eigenvalue weighted by Crippen LogP contribution is -2.21. The number of aryl methyl sites for hydroxylation is 3. The number of fused-ring (bicyclic) bond motifs is 1. The van der Waals surface area contributed by atoms with Crippen LogP contribution in [0.4, 0.5) is 0 Å². The molecule has 0 aliphatic heterocycles. The minimum Gasteiger partial charge on any atom is -0.493 e. The van der Waals surface area contributed by atoms with Crippen LogP contribution in [0.5, 0.6) is 11.5 Å². The van der Waals surface area contributed by atoms with Gasteiger partial charge in [-0.15, -0.1) is 11.3 Å². The van der Waals surface area contributed by atoms with E-state index in [-0.39, 0.29) is 5.91 Å². The second-order valence-corrected chi connectivity index (χ2v) is 11.3. The van der Waals surface area contributed by atoms with Gasteiger partial charge in [0.2, 0.25) is 0 Å². The zero-order valence-corrected chi connectivity index (χ0v) is 24.1. The molecule has 0 spiro atoms. The molecule has 0 saturated heterocycles. The highest BCUT2D eigenvalue weighted by molar-refractivity contribution is 9.10. The number of aromatic nitrogens is 1. The number of nitrogens with zero attached hydrogens (tertiary/aromatic N) is 2. The number of hydrogen-bond acceptors (Lipinski definition) is 5. The molecule has 1 aliphatic rings. The molecular formula is C30H30BrN3O3S. The van der Waals surface area contributed by atoms with Gasteiger partial charge in [0, 0.05) is 26.3 Å². The number of nitrogens with one attached hydrogen (secondary N) is 1. The molecule has 0 bridgehead atoms. The van der Waals surface area contributed by atoms with Crippen LogP contribution in [0.3, 0.4) is 0 Å². The summed E-state index contributed by atoms with van der Waals surface area (Å²) in [6.07, 6.45) is 5.83. The molecule has 0 fully saturated rings. The fourth-order valence-electron chi connectivity index (χ4n) is 4.81. The van der Waals surface area contributed by atoms with Gasteiger partial charge in [-0.3, -0.25) is 4.79 Å². The lowest BCUT2D eigenvalue weighted by atomic mass is 9.95. The van der Waals surface area contributed by atoms with Crippen molar-refractivity contribution in [2.75, 3.05) is 7.11 Å². The van der Waals surface area contributed by atoms with E-state index in [9.17, 15) is 4.79 Å². The smallest absolute Gasteiger partial charge is 0.274 e. The van der Waals surface area contributed by atoms with Crippen LogP contribution in [0.25, 0.3) is 5.00 Å². The van der Waals surface area contributed by atoms with E-state index in [1.807, 2.05) is 42.5 Å². The third-order valence-electron chi connectivity index (χ3n) is 6.74. The van der Waals surface area contributed by atoms with Crippen molar-refractivity contribution >= 4 is 39.4 Å². The summed E-state index contributed by atoms with van der Waals surface area (Å²) in [6.45, 7) is 4.58. The van der Waals surface area contributed by atoms with Gasteiger partial charge >= 0.3 is 0 Å². The van der Waals surface area contributed by atoms with Gasteiger partial charge in [-0.05, 0) is 90.9 Å². The van der Waals surface area contributed by atoms with Crippen LogP contribution in [0.15, 0.2) is 64.2 Å². The summed E-state index contributed by atoms with van der Waals surface area (Å²) in [4.78, 5) is 14.8. The Labute approximate surface area is 235 Å². The topological polar surface area (TPSA) is 64.8 Å². The quantitative estimate of drug-likeness (QED) is 0.175. The Morgan fingerprint density at radius 3 is 2.55 bits per heavy atom. The fraction of sp³-hybridized carbons (Fsp3) is 0.267. The van der Waals surface area contributed by atoms with E-state index in [1.165, 1.54) is 10.4 Å². The first kappa shape index (κ1) is 26.3. The van der Waals surface area contributed by atoms with Crippen LogP contribution in [0.2, 0.25) is 0 Å². The van der Waals surface area contributed by atoms with Gasteiger partial charge in [-0.1, -0.05) is 30.3 Å². The van der Waals surface area contributed by atoms with Crippen molar-refractivity contribution in [3.8, 4) is 16.5 Å². The minimum absolute atomic E-state index is 0.186. The standard InChI is InChI=1S/C30H30BrN3O3S/c1-19-13-14-20(2)34(19)30-28(23-11-7-8-12-27(23)38-30)29(35)33-32-17-22-15-25(36-3)26(16-24(22)31)37-18-21-9-5-4-6-10-21/h4-6,9-10,13-17H,7-8,11-12,18H2,1-3H3,(H,33,35)/b32-17+. The molecule has 0 radical (unpaired) electrons. The van der Waals surface area contributed by atoms with E-state index in [0.29, 0.717) is 18.1 Å². The molecule has 0 unspecified atom stereocenters. The number of carbonyl (C=O) groups is 1. The molecule has 6 nitrogen and oxygen atoms in total. The Kier molecular flexibility index (Phi) is 8.00. The average Bonchev–Trinajstić information content (AvgIpc) is 3.47. The Morgan fingerprint density at radius 1 is 1.08 bits per heavy atom. The van der Waals surface area contributed by atoms with Crippen molar-refractivity contribution in [3.05, 3.63) is 97.6 Å². The predicted molar refractivity (Wildman–Crippen MR) is 156 cm³/mol. The molecule has 196 valence electrons. The lowest BCUT2D eigenvalue weighted by molar-refractivity contribution is 0.0954. The summed E-state index contributed by atoms with van der Waals surface area (Å²) in [5.74, 6) is 1.02. The van der Waals surface area contributed by atoms with Crippen molar-refractivity contribution in [3.63, 3.8) is 0 Å². The molecular weight excluding hydrogens is 562 g/mol. The van der Waals surface area contributed by atoms with Crippen LogP contribution in [0, 0.1) is 13.8 Å². The highest BCUT2D eigenvalue weighted by atomic mass is 79.9. The van der Waals surface area contributed by atoms with Crippen molar-refractivity contribution in [2.45, 2.75) is 46.1 Å². The van der Waals surface area contributed by atoms with Crippen molar-refractivity contribution in [1.82, 2.24) is 9.99 Å². The van der Waals surface area contributed by atoms with E-state index in [4.69, 9.17) is 9.47 Å². The maximum atomic E-state index is 13.5. The van der Waals surface area contributed by atoms with Crippen LogP contribution < -0.4 is 14.9 Å². The number of amides is 1. The Morgan fingerprint density at radius 2 is 1.82 bits per heavy atom. The molecule has 2 heterocycles. The fourth-order valence-corrected chi connectivity index (χ4v) is 6.73. The van der Waals surface area contributed by atoms with E-state index in [0.717, 1.165) is 63.2 Å². The van der Waals surface area contributed by atoms with Gasteiger partial charge < -0.3 is 14.0 Å². The normalized spacial score (nSPS) is 12.9. The monoisotopic (exact) mass is 591 g/mol. The van der Waals surface area contributed by atoms with E-state index in [2.05, 4.69) is 57.0 Å². The first-order valence-corrected chi connectivity index (χ1v) is 14.2. The second kappa shape index (κ2) is 11.6. The summed E-state index contributed by atoms with van der Waals surface area (Å²) < 4.78 is 14.5. The number of hydrogen-bond donors (Lipinski definition) is 1. The van der Waals surface area contributed by atoms with Crippen LogP contribution in [-0.2, 0) is 19.4 Å². The number of rotatable bonds is 8. The lowest BCUT2D eigenvalue weighted by Gasteiger charge is -2.13. The van der Waals surface area contributed by atoms with Crippen LogP contribution in [0.1, 0.15) is 56.2 Å². The highest BCUT2D eigenvalue weighted by Gasteiger charge is 2.27. The van der Waals surface area contributed by atoms with Gasteiger partial charge in [0.05, 0.1) is 18.9 Å². The number of halogens is 1. The predicted octanol–water partition coefficient (Wildman–Crippen LogP) is 7.15. The zero-order valence-electron chi connectivity index (χ0n) is 21.7. The first-order valence-electron chi connectivity index (χ1n) is 12.6. The van der Waals surface area contributed by atoms with E-state index < -0.39 is 0 Å². The molecule has 0 saturated carbocycles. The van der Waals surface area contributed by atoms with E-state index in [1.54, 1.807) is 24.7 Å². The maximum Gasteiger partial charge on any atom is 0.274 e. The van der Waals surface area contributed by atoms with Crippen LogP contribution >= 0.6 is 27.3 Å². The van der Waals surface area contributed by atoms with E-state index >= 15 is 0 Å². The third kappa shape index (κ3) is 5.42. The molecule has 1 amide bonds. The molecule has 8 heteroatoms. The Bertz CT molecular complexity index is 1470. The molecule has 4 aromatic rings. The minimum atomic E-state index is -0.186. The molecule has 38 heavy (non-hydrogen) atoms. The number of carbonyl (C=O) groups excluding carboxylic acids is 1. The second-order valence-electron chi connectivity index (χ2n) is 9.34. The molecule has 1 aliphatic carbocycles. The number of ether oxygens (including phenoxy) is 2. The zero-order chi connectivity index (χ0) is 26.6. The van der Waals surface area contributed by atoms with Gasteiger partial charge in [0.25, 0.3) is 5.91 Å². The highest BCUT2D eigenvalue weighted by Crippen LogP contribution is 2.38. The van der Waals surface area contributed by atoms with Gasteiger partial charge in [0.1, 0.15) is 11.6 Å². The molecule has 2 aromatic carbocycles. The number of methoxy groups -OCH3 is 1. The van der Waals surface area contributed by atoms with Crippen molar-refractivity contribution < 1.29 is 14.3 Å². The molecule has 5 rings (SSSR count). The van der Waals surface area contributed by atoms with Gasteiger partial charge in [0.15, 0.2) is 11.5 Å². The Hall–Kier alpha value is -3.36. The maximum absolute atomic E-state index is 13.5.